The standard InChI is InChI=1S/C26H19FN2O5S/c27-23-11-4-5-12-24(23)29-35(32,33)22-10-6-9-19(17-22)26(31)34-21-15-13-20(14-16-21)28-25(30)18-7-2-1-3-8-18/h1-17,29H,(H,28,30). The Morgan fingerprint density at radius 1 is 0.743 bits per heavy atom. The van der Waals surface area contributed by atoms with Gasteiger partial charge in [-0.2, -0.15) is 0 Å². The van der Waals surface area contributed by atoms with Crippen LogP contribution in [0.3, 0.4) is 0 Å². The Kier molecular flexibility index (Phi) is 6.88. The van der Waals surface area contributed by atoms with Crippen LogP contribution in [0.2, 0.25) is 0 Å². The molecule has 0 aliphatic heterocycles. The Hall–Kier alpha value is -4.50. The molecule has 1 amide bonds. The molecule has 0 aromatic heterocycles. The number of sulfonamides is 1. The second kappa shape index (κ2) is 10.2. The summed E-state index contributed by atoms with van der Waals surface area (Å²) in [5, 5.41) is 2.74. The third kappa shape index (κ3) is 5.90. The highest BCUT2D eigenvalue weighted by molar-refractivity contribution is 7.92. The smallest absolute Gasteiger partial charge is 0.343 e. The van der Waals surface area contributed by atoms with Crippen molar-refractivity contribution < 1.29 is 27.1 Å². The minimum atomic E-state index is -4.14. The molecular formula is C26H19FN2O5S. The first-order valence-electron chi connectivity index (χ1n) is 10.4. The number of carbonyl (C=O) groups excluding carboxylic acids is 2. The molecule has 0 fully saturated rings. The number of amides is 1. The lowest BCUT2D eigenvalue weighted by Crippen LogP contribution is -2.15. The summed E-state index contributed by atoms with van der Waals surface area (Å²) in [6, 6.07) is 25.4. The SMILES string of the molecule is O=C(Nc1ccc(OC(=O)c2cccc(S(=O)(=O)Nc3ccccc3F)c2)cc1)c1ccccc1. The van der Waals surface area contributed by atoms with Crippen LogP contribution in [-0.2, 0) is 10.0 Å². The number of hydrogen-bond acceptors (Lipinski definition) is 5. The van der Waals surface area contributed by atoms with Gasteiger partial charge in [-0.3, -0.25) is 9.52 Å². The monoisotopic (exact) mass is 490 g/mol. The lowest BCUT2D eigenvalue weighted by molar-refractivity contribution is 0.0734. The quantitative estimate of drug-likeness (QED) is 0.277. The van der Waals surface area contributed by atoms with E-state index in [-0.39, 0.29) is 27.8 Å². The Bertz CT molecular complexity index is 1470. The summed E-state index contributed by atoms with van der Waals surface area (Å²) < 4.78 is 46.6. The predicted octanol–water partition coefficient (Wildman–Crippen LogP) is 5.10. The van der Waals surface area contributed by atoms with E-state index in [1.807, 2.05) is 6.07 Å². The number of ether oxygens (including phenoxy) is 1. The molecule has 176 valence electrons. The summed E-state index contributed by atoms with van der Waals surface area (Å²) in [5.41, 5.74) is 0.788. The van der Waals surface area contributed by atoms with Crippen LogP contribution >= 0.6 is 0 Å². The summed E-state index contributed by atoms with van der Waals surface area (Å²) in [6.07, 6.45) is 0. The van der Waals surface area contributed by atoms with Gasteiger partial charge < -0.3 is 10.1 Å². The van der Waals surface area contributed by atoms with Crippen molar-refractivity contribution in [2.24, 2.45) is 0 Å². The maximum absolute atomic E-state index is 13.8. The van der Waals surface area contributed by atoms with Gasteiger partial charge in [0, 0.05) is 11.3 Å². The molecule has 0 radical (unpaired) electrons. The van der Waals surface area contributed by atoms with E-state index in [2.05, 4.69) is 10.0 Å². The average Bonchev–Trinajstić information content (AvgIpc) is 2.87. The van der Waals surface area contributed by atoms with Crippen LogP contribution in [0.15, 0.2) is 108 Å². The number of carbonyl (C=O) groups is 2. The number of rotatable bonds is 7. The van der Waals surface area contributed by atoms with Crippen molar-refractivity contribution in [1.29, 1.82) is 0 Å². The van der Waals surface area contributed by atoms with Gasteiger partial charge in [-0.05, 0) is 66.7 Å². The Morgan fingerprint density at radius 2 is 1.40 bits per heavy atom. The lowest BCUT2D eigenvalue weighted by atomic mass is 10.2. The molecule has 0 heterocycles. The van der Waals surface area contributed by atoms with E-state index in [1.165, 1.54) is 48.5 Å². The number of anilines is 2. The molecule has 4 aromatic carbocycles. The minimum Gasteiger partial charge on any atom is -0.423 e. The maximum atomic E-state index is 13.8. The minimum absolute atomic E-state index is 0.0112. The summed E-state index contributed by atoms with van der Waals surface area (Å²) in [6.45, 7) is 0. The van der Waals surface area contributed by atoms with Crippen molar-refractivity contribution in [3.8, 4) is 5.75 Å². The second-order valence-corrected chi connectivity index (χ2v) is 9.03. The zero-order chi connectivity index (χ0) is 24.8. The van der Waals surface area contributed by atoms with Gasteiger partial charge in [-0.25, -0.2) is 17.6 Å². The summed E-state index contributed by atoms with van der Waals surface area (Å²) in [7, 11) is -4.14. The van der Waals surface area contributed by atoms with Gasteiger partial charge in [0.25, 0.3) is 15.9 Å². The van der Waals surface area contributed by atoms with Crippen molar-refractivity contribution in [1.82, 2.24) is 0 Å². The predicted molar refractivity (Wildman–Crippen MR) is 129 cm³/mol. The number of hydrogen-bond donors (Lipinski definition) is 2. The van der Waals surface area contributed by atoms with Crippen molar-refractivity contribution in [3.05, 3.63) is 120 Å². The van der Waals surface area contributed by atoms with E-state index in [0.29, 0.717) is 11.3 Å². The zero-order valence-corrected chi connectivity index (χ0v) is 19.0. The molecule has 35 heavy (non-hydrogen) atoms. The molecule has 9 heteroatoms. The van der Waals surface area contributed by atoms with Gasteiger partial charge in [0.2, 0.25) is 0 Å². The van der Waals surface area contributed by atoms with Crippen molar-refractivity contribution in [2.45, 2.75) is 4.90 Å². The third-order valence-corrected chi connectivity index (χ3v) is 6.22. The fraction of sp³-hybridized carbons (Fsp3) is 0. The molecule has 4 aromatic rings. The summed E-state index contributed by atoms with van der Waals surface area (Å²) in [4.78, 5) is 24.6. The van der Waals surface area contributed by atoms with E-state index in [9.17, 15) is 22.4 Å². The molecule has 2 N–H and O–H groups in total. The maximum Gasteiger partial charge on any atom is 0.343 e. The van der Waals surface area contributed by atoms with Crippen molar-refractivity contribution in [2.75, 3.05) is 10.0 Å². The van der Waals surface area contributed by atoms with Crippen molar-refractivity contribution >= 4 is 33.3 Å². The topological polar surface area (TPSA) is 102 Å². The molecule has 0 saturated heterocycles. The second-order valence-electron chi connectivity index (χ2n) is 7.35. The number of benzene rings is 4. The molecule has 0 spiro atoms. The van der Waals surface area contributed by atoms with Gasteiger partial charge in [0.05, 0.1) is 16.1 Å². The summed E-state index contributed by atoms with van der Waals surface area (Å²) >= 11 is 0. The van der Waals surface area contributed by atoms with Crippen LogP contribution in [0.4, 0.5) is 15.8 Å². The molecule has 0 bridgehead atoms. The Morgan fingerprint density at radius 3 is 2.11 bits per heavy atom. The molecule has 0 atom stereocenters. The van der Waals surface area contributed by atoms with Crippen LogP contribution in [-0.4, -0.2) is 20.3 Å². The number of esters is 1. The molecule has 7 nitrogen and oxygen atoms in total. The highest BCUT2D eigenvalue weighted by Gasteiger charge is 2.19. The molecule has 0 saturated carbocycles. The molecule has 0 aliphatic rings. The average molecular weight is 491 g/mol. The molecule has 0 unspecified atom stereocenters. The molecular weight excluding hydrogens is 471 g/mol. The van der Waals surface area contributed by atoms with Gasteiger partial charge in [-0.15, -0.1) is 0 Å². The van der Waals surface area contributed by atoms with Gasteiger partial charge in [-0.1, -0.05) is 36.4 Å². The van der Waals surface area contributed by atoms with E-state index < -0.39 is 21.8 Å². The lowest BCUT2D eigenvalue weighted by Gasteiger charge is -2.10. The van der Waals surface area contributed by atoms with E-state index >= 15 is 0 Å². The molecule has 4 rings (SSSR count). The third-order valence-electron chi connectivity index (χ3n) is 4.86. The summed E-state index contributed by atoms with van der Waals surface area (Å²) in [5.74, 6) is -1.59. The Balaban J connectivity index is 1.43. The molecule has 0 aliphatic carbocycles. The normalized spacial score (nSPS) is 10.9. The van der Waals surface area contributed by atoms with Crippen molar-refractivity contribution in [3.63, 3.8) is 0 Å². The van der Waals surface area contributed by atoms with Crippen LogP contribution < -0.4 is 14.8 Å². The van der Waals surface area contributed by atoms with E-state index in [1.54, 1.807) is 36.4 Å². The Labute approximate surface area is 201 Å². The first kappa shape index (κ1) is 23.7. The van der Waals surface area contributed by atoms with Crippen LogP contribution in [0, 0.1) is 5.82 Å². The number of halogens is 1. The number of para-hydroxylation sites is 1. The highest BCUT2D eigenvalue weighted by Crippen LogP contribution is 2.21. The van der Waals surface area contributed by atoms with Crippen LogP contribution in [0.25, 0.3) is 0 Å². The first-order valence-corrected chi connectivity index (χ1v) is 11.9. The van der Waals surface area contributed by atoms with Gasteiger partial charge >= 0.3 is 5.97 Å². The highest BCUT2D eigenvalue weighted by atomic mass is 32.2. The van der Waals surface area contributed by atoms with Crippen LogP contribution in [0.1, 0.15) is 20.7 Å². The number of nitrogens with one attached hydrogen (secondary N) is 2. The van der Waals surface area contributed by atoms with E-state index in [4.69, 9.17) is 4.74 Å². The largest absolute Gasteiger partial charge is 0.423 e. The first-order chi connectivity index (χ1) is 16.8. The fourth-order valence-electron chi connectivity index (χ4n) is 3.10. The van der Waals surface area contributed by atoms with Gasteiger partial charge in [0.1, 0.15) is 11.6 Å². The zero-order valence-electron chi connectivity index (χ0n) is 18.1. The van der Waals surface area contributed by atoms with Gasteiger partial charge in [0.15, 0.2) is 0 Å². The fourth-order valence-corrected chi connectivity index (χ4v) is 4.22. The van der Waals surface area contributed by atoms with Crippen LogP contribution in [0.5, 0.6) is 5.75 Å². The van der Waals surface area contributed by atoms with E-state index in [0.717, 1.165) is 12.1 Å².